The smallest absolute Gasteiger partial charge is 0.273 e. The van der Waals surface area contributed by atoms with Crippen molar-refractivity contribution in [1.29, 1.82) is 0 Å². The van der Waals surface area contributed by atoms with Crippen molar-refractivity contribution in [3.05, 3.63) is 67.8 Å². The zero-order valence-corrected chi connectivity index (χ0v) is 12.5. The highest BCUT2D eigenvalue weighted by Crippen LogP contribution is 2.20. The van der Waals surface area contributed by atoms with Gasteiger partial charge >= 0.3 is 0 Å². The summed E-state index contributed by atoms with van der Waals surface area (Å²) in [6, 6.07) is 13.6. The molecule has 0 atom stereocenters. The fourth-order valence-electron chi connectivity index (χ4n) is 1.77. The summed E-state index contributed by atoms with van der Waals surface area (Å²) in [6.45, 7) is 0. The van der Waals surface area contributed by atoms with Gasteiger partial charge in [-0.15, -0.1) is 0 Å². The summed E-state index contributed by atoms with van der Waals surface area (Å²) in [5.41, 5.74) is 1.07. The predicted molar refractivity (Wildman–Crippen MR) is 84.6 cm³/mol. The molecule has 20 heavy (non-hydrogen) atoms. The minimum Gasteiger partial charge on any atom is -0.325 e. The van der Waals surface area contributed by atoms with Crippen LogP contribution in [-0.4, -0.2) is 10.8 Å². The maximum Gasteiger partial charge on any atom is 0.273 e. The summed E-state index contributed by atoms with van der Waals surface area (Å²) in [5.74, 6) is -0.275. The highest BCUT2D eigenvalue weighted by atomic mass is 127. The molecular weight excluding hydrogens is 371 g/mol. The van der Waals surface area contributed by atoms with E-state index in [0.717, 1.165) is 3.57 Å². The van der Waals surface area contributed by atoms with Gasteiger partial charge < -0.3 is 5.32 Å². The van der Waals surface area contributed by atoms with Gasteiger partial charge in [0.05, 0.1) is 17.0 Å². The number of anilines is 1. The molecular formula is C14H11IN2O3. The lowest BCUT2D eigenvalue weighted by Crippen LogP contribution is -2.15. The van der Waals surface area contributed by atoms with Crippen molar-refractivity contribution in [3.8, 4) is 0 Å². The maximum absolute atomic E-state index is 12.0. The van der Waals surface area contributed by atoms with Gasteiger partial charge in [0.25, 0.3) is 5.69 Å². The van der Waals surface area contributed by atoms with Crippen LogP contribution >= 0.6 is 22.6 Å². The SMILES string of the molecule is O=C(Cc1ccccc1[N+](=O)[O-])Nc1ccccc1I. The molecule has 102 valence electrons. The topological polar surface area (TPSA) is 72.2 Å². The van der Waals surface area contributed by atoms with E-state index in [9.17, 15) is 14.9 Å². The van der Waals surface area contributed by atoms with Gasteiger partial charge in [0.15, 0.2) is 0 Å². The first-order chi connectivity index (χ1) is 9.58. The van der Waals surface area contributed by atoms with E-state index in [1.54, 1.807) is 24.3 Å². The molecule has 0 radical (unpaired) electrons. The van der Waals surface area contributed by atoms with Crippen molar-refractivity contribution in [3.63, 3.8) is 0 Å². The number of para-hydroxylation sites is 2. The standard InChI is InChI=1S/C14H11IN2O3/c15-11-6-2-3-7-12(11)16-14(18)9-10-5-1-4-8-13(10)17(19)20/h1-8H,9H2,(H,16,18). The molecule has 0 aliphatic carbocycles. The summed E-state index contributed by atoms with van der Waals surface area (Å²) >= 11 is 2.12. The van der Waals surface area contributed by atoms with Gasteiger partial charge in [-0.05, 0) is 34.7 Å². The van der Waals surface area contributed by atoms with E-state index < -0.39 is 4.92 Å². The largest absolute Gasteiger partial charge is 0.325 e. The number of nitrogens with zero attached hydrogens (tertiary/aromatic N) is 1. The second kappa shape index (κ2) is 6.47. The third kappa shape index (κ3) is 3.53. The third-order valence-corrected chi connectivity index (χ3v) is 3.63. The van der Waals surface area contributed by atoms with Crippen molar-refractivity contribution in [2.75, 3.05) is 5.32 Å². The summed E-state index contributed by atoms with van der Waals surface area (Å²) < 4.78 is 0.918. The van der Waals surface area contributed by atoms with E-state index in [2.05, 4.69) is 27.9 Å². The van der Waals surface area contributed by atoms with Crippen LogP contribution in [-0.2, 0) is 11.2 Å². The number of halogens is 1. The summed E-state index contributed by atoms with van der Waals surface area (Å²) in [5, 5.41) is 13.6. The zero-order valence-electron chi connectivity index (χ0n) is 10.4. The average molecular weight is 382 g/mol. The molecule has 1 amide bonds. The van der Waals surface area contributed by atoms with Crippen molar-refractivity contribution in [2.24, 2.45) is 0 Å². The fourth-order valence-corrected chi connectivity index (χ4v) is 2.29. The Hall–Kier alpha value is -1.96. The van der Waals surface area contributed by atoms with Gasteiger partial charge in [0.2, 0.25) is 5.91 Å². The van der Waals surface area contributed by atoms with E-state index in [4.69, 9.17) is 0 Å². The quantitative estimate of drug-likeness (QED) is 0.501. The molecule has 0 fully saturated rings. The molecule has 0 heterocycles. The lowest BCUT2D eigenvalue weighted by molar-refractivity contribution is -0.385. The molecule has 1 N–H and O–H groups in total. The second-order valence-corrected chi connectivity index (χ2v) is 5.25. The van der Waals surface area contributed by atoms with E-state index >= 15 is 0 Å². The lowest BCUT2D eigenvalue weighted by Gasteiger charge is -2.07. The van der Waals surface area contributed by atoms with Crippen LogP contribution in [0, 0.1) is 13.7 Å². The number of benzene rings is 2. The monoisotopic (exact) mass is 382 g/mol. The first kappa shape index (κ1) is 14.4. The van der Waals surface area contributed by atoms with Gasteiger partial charge in [-0.1, -0.05) is 30.3 Å². The number of rotatable bonds is 4. The van der Waals surface area contributed by atoms with Gasteiger partial charge in [-0.2, -0.15) is 0 Å². The van der Waals surface area contributed by atoms with Crippen LogP contribution in [0.4, 0.5) is 11.4 Å². The highest BCUT2D eigenvalue weighted by Gasteiger charge is 2.15. The average Bonchev–Trinajstić information content (AvgIpc) is 2.41. The molecule has 0 aromatic heterocycles. The van der Waals surface area contributed by atoms with E-state index in [0.29, 0.717) is 11.3 Å². The molecule has 0 saturated carbocycles. The van der Waals surface area contributed by atoms with Gasteiger partial charge in [-0.25, -0.2) is 0 Å². The molecule has 0 saturated heterocycles. The van der Waals surface area contributed by atoms with Crippen molar-refractivity contribution >= 4 is 39.9 Å². The van der Waals surface area contributed by atoms with Crippen LogP contribution < -0.4 is 5.32 Å². The Bertz CT molecular complexity index is 658. The minimum absolute atomic E-state index is 0.0257. The Kier molecular flexibility index (Phi) is 4.67. The Morgan fingerprint density at radius 1 is 1.15 bits per heavy atom. The van der Waals surface area contributed by atoms with E-state index in [1.807, 2.05) is 18.2 Å². The number of nitro groups is 1. The molecule has 5 nitrogen and oxygen atoms in total. The van der Waals surface area contributed by atoms with Crippen molar-refractivity contribution in [1.82, 2.24) is 0 Å². The molecule has 0 aliphatic heterocycles. The number of nitro benzene ring substituents is 1. The summed E-state index contributed by atoms with van der Waals surface area (Å²) in [4.78, 5) is 22.4. The van der Waals surface area contributed by atoms with Crippen molar-refractivity contribution in [2.45, 2.75) is 6.42 Å². The molecule has 6 heteroatoms. The summed E-state index contributed by atoms with van der Waals surface area (Å²) in [6.07, 6.45) is -0.0257. The van der Waals surface area contributed by atoms with Gasteiger partial charge in [0, 0.05) is 15.2 Å². The Balaban J connectivity index is 2.13. The molecule has 0 aliphatic rings. The van der Waals surface area contributed by atoms with Crippen LogP contribution in [0.3, 0.4) is 0 Å². The lowest BCUT2D eigenvalue weighted by atomic mass is 10.1. The zero-order chi connectivity index (χ0) is 14.5. The first-order valence-corrected chi connectivity index (χ1v) is 6.92. The Morgan fingerprint density at radius 2 is 1.80 bits per heavy atom. The van der Waals surface area contributed by atoms with Crippen LogP contribution in [0.5, 0.6) is 0 Å². The first-order valence-electron chi connectivity index (χ1n) is 5.84. The highest BCUT2D eigenvalue weighted by molar-refractivity contribution is 14.1. The number of nitrogens with one attached hydrogen (secondary N) is 1. The van der Waals surface area contributed by atoms with Crippen LogP contribution in [0.15, 0.2) is 48.5 Å². The number of carbonyl (C=O) groups is 1. The Morgan fingerprint density at radius 3 is 2.50 bits per heavy atom. The fraction of sp³-hybridized carbons (Fsp3) is 0.0714. The molecule has 2 rings (SSSR count). The molecule has 0 bridgehead atoms. The van der Waals surface area contributed by atoms with E-state index in [1.165, 1.54) is 6.07 Å². The summed E-state index contributed by atoms with van der Waals surface area (Å²) in [7, 11) is 0. The maximum atomic E-state index is 12.0. The Labute approximate surface area is 129 Å². The van der Waals surface area contributed by atoms with Crippen molar-refractivity contribution < 1.29 is 9.72 Å². The molecule has 0 spiro atoms. The van der Waals surface area contributed by atoms with Gasteiger partial charge in [-0.3, -0.25) is 14.9 Å². The van der Waals surface area contributed by atoms with E-state index in [-0.39, 0.29) is 18.0 Å². The van der Waals surface area contributed by atoms with Crippen LogP contribution in [0.25, 0.3) is 0 Å². The third-order valence-electron chi connectivity index (χ3n) is 2.69. The molecule has 0 unspecified atom stereocenters. The number of amides is 1. The number of carbonyl (C=O) groups excluding carboxylic acids is 1. The number of hydrogen-bond acceptors (Lipinski definition) is 3. The molecule has 2 aromatic carbocycles. The van der Waals surface area contributed by atoms with Crippen LogP contribution in [0.1, 0.15) is 5.56 Å². The normalized spacial score (nSPS) is 10.1. The second-order valence-electron chi connectivity index (χ2n) is 4.09. The number of hydrogen-bond donors (Lipinski definition) is 1. The predicted octanol–water partition coefficient (Wildman–Crippen LogP) is 3.38. The van der Waals surface area contributed by atoms with Gasteiger partial charge in [0.1, 0.15) is 0 Å². The molecule has 2 aromatic rings. The van der Waals surface area contributed by atoms with Crippen LogP contribution in [0.2, 0.25) is 0 Å². The minimum atomic E-state index is -0.477.